The first-order valence-corrected chi connectivity index (χ1v) is 11.9. The van der Waals surface area contributed by atoms with E-state index in [0.29, 0.717) is 17.4 Å². The number of hydrogen-bond donors (Lipinski definition) is 1. The summed E-state index contributed by atoms with van der Waals surface area (Å²) in [6.45, 7) is 3.62. The highest BCUT2D eigenvalue weighted by Crippen LogP contribution is 2.32. The van der Waals surface area contributed by atoms with Crippen LogP contribution in [0, 0.1) is 5.92 Å². The Morgan fingerprint density at radius 2 is 1.91 bits per heavy atom. The van der Waals surface area contributed by atoms with Crippen LogP contribution in [0.4, 0.5) is 5.82 Å². The van der Waals surface area contributed by atoms with Gasteiger partial charge in [0.25, 0.3) is 0 Å². The van der Waals surface area contributed by atoms with Crippen molar-refractivity contribution in [2.24, 2.45) is 5.92 Å². The van der Waals surface area contributed by atoms with Gasteiger partial charge in [0.1, 0.15) is 0 Å². The van der Waals surface area contributed by atoms with Crippen LogP contribution in [0.3, 0.4) is 0 Å². The van der Waals surface area contributed by atoms with Gasteiger partial charge in [-0.3, -0.25) is 4.79 Å². The molecule has 0 aromatic carbocycles. The molecule has 0 bridgehead atoms. The lowest BCUT2D eigenvalue weighted by atomic mass is 9.84. The van der Waals surface area contributed by atoms with Crippen molar-refractivity contribution in [2.75, 3.05) is 38.1 Å². The van der Waals surface area contributed by atoms with Crippen molar-refractivity contribution in [3.63, 3.8) is 0 Å². The van der Waals surface area contributed by atoms with Crippen molar-refractivity contribution in [1.82, 2.24) is 25.0 Å². The quantitative estimate of drug-likeness (QED) is 0.623. The number of hydrogen-bond acceptors (Lipinski definition) is 8. The van der Waals surface area contributed by atoms with Gasteiger partial charge >= 0.3 is 5.97 Å². The summed E-state index contributed by atoms with van der Waals surface area (Å²) >= 11 is 0. The summed E-state index contributed by atoms with van der Waals surface area (Å²) in [5, 5.41) is 13.6. The second kappa shape index (κ2) is 10.8. The highest BCUT2D eigenvalue weighted by Gasteiger charge is 2.26. The third-order valence-corrected chi connectivity index (χ3v) is 6.80. The minimum atomic E-state index is -0.843. The highest BCUT2D eigenvalue weighted by atomic mass is 16.5. The molecule has 0 amide bonds. The first-order chi connectivity index (χ1) is 15.6. The molecule has 2 fully saturated rings. The van der Waals surface area contributed by atoms with Crippen molar-refractivity contribution in [3.05, 3.63) is 18.3 Å². The van der Waals surface area contributed by atoms with Crippen molar-refractivity contribution in [1.29, 1.82) is 0 Å². The van der Waals surface area contributed by atoms with Gasteiger partial charge in [-0.25, -0.2) is 9.97 Å². The fraction of sp³-hybridized carbons (Fsp3) is 0.696. The van der Waals surface area contributed by atoms with Gasteiger partial charge in [0.05, 0.1) is 6.42 Å². The number of carbonyl (C=O) groups is 1. The van der Waals surface area contributed by atoms with E-state index in [1.165, 1.54) is 32.1 Å². The Hall–Kier alpha value is -2.55. The van der Waals surface area contributed by atoms with Gasteiger partial charge in [0.15, 0.2) is 11.5 Å². The number of rotatable bonds is 9. The number of carboxylic acid groups (broad SMARTS) is 1. The molecule has 2 aliphatic rings. The van der Waals surface area contributed by atoms with E-state index in [-0.39, 0.29) is 12.3 Å². The number of likely N-dealkylation sites (N-methyl/N-ethyl adjacent to an activating group) is 1. The number of aliphatic carboxylic acids is 1. The molecule has 9 nitrogen and oxygen atoms in total. The van der Waals surface area contributed by atoms with Gasteiger partial charge in [0, 0.05) is 44.5 Å². The monoisotopic (exact) mass is 442 g/mol. The second-order valence-electron chi connectivity index (χ2n) is 9.20. The largest absolute Gasteiger partial charge is 0.481 e. The van der Waals surface area contributed by atoms with Gasteiger partial charge in [-0.05, 0) is 19.4 Å². The van der Waals surface area contributed by atoms with Crippen LogP contribution in [0.2, 0.25) is 0 Å². The molecule has 1 saturated heterocycles. The molecule has 1 unspecified atom stereocenters. The summed E-state index contributed by atoms with van der Waals surface area (Å²) in [7, 11) is 2.11. The zero-order chi connectivity index (χ0) is 22.3. The van der Waals surface area contributed by atoms with Gasteiger partial charge in [-0.15, -0.1) is 0 Å². The van der Waals surface area contributed by atoms with E-state index in [1.807, 2.05) is 0 Å². The molecular formula is C23H34N6O3. The molecular weight excluding hydrogens is 408 g/mol. The SMILES string of the molecule is CN1CCN(c2nccnc2-c2noc(C(CCCC3CCCCC3)CC(=O)O)n2)CC1. The van der Waals surface area contributed by atoms with Gasteiger partial charge < -0.3 is 19.4 Å². The van der Waals surface area contributed by atoms with E-state index >= 15 is 0 Å². The van der Waals surface area contributed by atoms with Gasteiger partial charge in [-0.1, -0.05) is 50.1 Å². The molecule has 1 aliphatic heterocycles. The molecule has 3 heterocycles. The second-order valence-corrected chi connectivity index (χ2v) is 9.20. The zero-order valence-corrected chi connectivity index (χ0v) is 18.9. The Morgan fingerprint density at radius 1 is 1.16 bits per heavy atom. The highest BCUT2D eigenvalue weighted by molar-refractivity contribution is 5.68. The van der Waals surface area contributed by atoms with E-state index in [4.69, 9.17) is 4.52 Å². The van der Waals surface area contributed by atoms with Crippen LogP contribution in [0.5, 0.6) is 0 Å². The summed E-state index contributed by atoms with van der Waals surface area (Å²) in [6.07, 6.45) is 12.8. The smallest absolute Gasteiger partial charge is 0.304 e. The van der Waals surface area contributed by atoms with Crippen molar-refractivity contribution < 1.29 is 14.4 Å². The molecule has 9 heteroatoms. The molecule has 2 aromatic rings. The minimum Gasteiger partial charge on any atom is -0.481 e. The standard InChI is InChI=1S/C23H34N6O3/c1-28-12-14-29(15-13-28)22-20(24-10-11-25-22)21-26-23(32-27-21)18(16-19(30)31)9-5-8-17-6-3-2-4-7-17/h10-11,17-18H,2-9,12-16H2,1H3,(H,30,31). The van der Waals surface area contributed by atoms with E-state index < -0.39 is 5.97 Å². The fourth-order valence-corrected chi connectivity index (χ4v) is 4.89. The summed E-state index contributed by atoms with van der Waals surface area (Å²) in [6, 6.07) is 0. The number of nitrogens with zero attached hydrogens (tertiary/aromatic N) is 6. The molecule has 4 rings (SSSR count). The maximum Gasteiger partial charge on any atom is 0.304 e. The first kappa shape index (κ1) is 22.6. The fourth-order valence-electron chi connectivity index (χ4n) is 4.89. The van der Waals surface area contributed by atoms with Crippen LogP contribution in [-0.2, 0) is 4.79 Å². The van der Waals surface area contributed by atoms with Crippen molar-refractivity contribution >= 4 is 11.8 Å². The summed E-state index contributed by atoms with van der Waals surface area (Å²) in [5.74, 6) is 1.18. The van der Waals surface area contributed by atoms with E-state index in [2.05, 4.69) is 37.0 Å². The number of piperazine rings is 1. The maximum absolute atomic E-state index is 11.5. The van der Waals surface area contributed by atoms with Crippen LogP contribution in [-0.4, -0.2) is 69.3 Å². The lowest BCUT2D eigenvalue weighted by Gasteiger charge is -2.33. The lowest BCUT2D eigenvalue weighted by Crippen LogP contribution is -2.45. The Balaban J connectivity index is 1.46. The molecule has 1 N–H and O–H groups in total. The van der Waals surface area contributed by atoms with Crippen molar-refractivity contribution in [2.45, 2.75) is 63.7 Å². The first-order valence-electron chi connectivity index (χ1n) is 11.9. The lowest BCUT2D eigenvalue weighted by molar-refractivity contribution is -0.137. The molecule has 1 atom stereocenters. The van der Waals surface area contributed by atoms with Crippen molar-refractivity contribution in [3.8, 4) is 11.5 Å². The normalized spacial score (nSPS) is 19.2. The van der Waals surface area contributed by atoms with Crippen LogP contribution < -0.4 is 4.90 Å². The Labute approximate surface area is 189 Å². The Morgan fingerprint density at radius 3 is 2.66 bits per heavy atom. The van der Waals surface area contributed by atoms with E-state index in [0.717, 1.165) is 57.2 Å². The minimum absolute atomic E-state index is 0.00190. The molecule has 174 valence electrons. The third-order valence-electron chi connectivity index (χ3n) is 6.80. The van der Waals surface area contributed by atoms with E-state index in [9.17, 15) is 9.90 Å². The van der Waals surface area contributed by atoms with Crippen LogP contribution in [0.1, 0.15) is 69.6 Å². The topological polar surface area (TPSA) is 108 Å². The Kier molecular flexibility index (Phi) is 7.68. The molecule has 1 saturated carbocycles. The zero-order valence-electron chi connectivity index (χ0n) is 18.9. The number of carboxylic acids is 1. The molecule has 2 aromatic heterocycles. The maximum atomic E-state index is 11.5. The molecule has 0 radical (unpaired) electrons. The predicted molar refractivity (Wildman–Crippen MR) is 120 cm³/mol. The summed E-state index contributed by atoms with van der Waals surface area (Å²) in [5.41, 5.74) is 0.586. The van der Waals surface area contributed by atoms with Crippen LogP contribution in [0.25, 0.3) is 11.5 Å². The van der Waals surface area contributed by atoms with E-state index in [1.54, 1.807) is 12.4 Å². The van der Waals surface area contributed by atoms with Crippen LogP contribution >= 0.6 is 0 Å². The molecule has 0 spiro atoms. The number of anilines is 1. The van der Waals surface area contributed by atoms with Gasteiger partial charge in [0.2, 0.25) is 11.7 Å². The summed E-state index contributed by atoms with van der Waals surface area (Å²) in [4.78, 5) is 29.6. The Bertz CT molecular complexity index is 874. The third kappa shape index (κ3) is 5.82. The van der Waals surface area contributed by atoms with Crippen LogP contribution in [0.15, 0.2) is 16.9 Å². The van der Waals surface area contributed by atoms with Gasteiger partial charge in [-0.2, -0.15) is 4.98 Å². The predicted octanol–water partition coefficient (Wildman–Crippen LogP) is 3.59. The summed E-state index contributed by atoms with van der Waals surface area (Å²) < 4.78 is 5.57. The molecule has 1 aliphatic carbocycles. The average Bonchev–Trinajstić information content (AvgIpc) is 3.30. The molecule has 32 heavy (non-hydrogen) atoms. The number of aromatic nitrogens is 4. The average molecular weight is 443 g/mol.